The molecule has 1 fully saturated rings. The Morgan fingerprint density at radius 3 is 2.70 bits per heavy atom. The van der Waals surface area contributed by atoms with Gasteiger partial charge < -0.3 is 25.2 Å². The lowest BCUT2D eigenvalue weighted by atomic mass is 10.1. The number of nitrogens with one attached hydrogen (secondary N) is 2. The first-order valence-corrected chi connectivity index (χ1v) is 8.22. The van der Waals surface area contributed by atoms with Crippen LogP contribution in [0.1, 0.15) is 25.8 Å². The van der Waals surface area contributed by atoms with Crippen LogP contribution in [0, 0.1) is 5.92 Å². The number of rotatable bonds is 9. The average molecular weight is 345 g/mol. The van der Waals surface area contributed by atoms with E-state index in [0.29, 0.717) is 25.7 Å². The van der Waals surface area contributed by atoms with Gasteiger partial charge in [0.05, 0.1) is 19.3 Å². The van der Waals surface area contributed by atoms with E-state index in [4.69, 9.17) is 9.47 Å². The van der Waals surface area contributed by atoms with E-state index in [2.05, 4.69) is 23.6 Å². The standard InChI is InChI=1S/C17H28N2O3.ClH/c1-3-7-22-16-6-5-13(8-17(16)21-4-2)9-18-10-14-11-19-12-15(14)20;/h5-6,8,14-15,18-20H,3-4,7,9-12H2,1-2H3;1H. The third-order valence-electron chi connectivity index (χ3n) is 3.81. The number of ether oxygens (including phenoxy) is 2. The molecule has 0 radical (unpaired) electrons. The number of hydrogen-bond acceptors (Lipinski definition) is 5. The second kappa shape index (κ2) is 10.7. The molecule has 0 aliphatic carbocycles. The molecule has 1 heterocycles. The van der Waals surface area contributed by atoms with Crippen LogP contribution in [0.15, 0.2) is 18.2 Å². The van der Waals surface area contributed by atoms with E-state index in [-0.39, 0.29) is 18.5 Å². The van der Waals surface area contributed by atoms with Gasteiger partial charge in [0.2, 0.25) is 0 Å². The highest BCUT2D eigenvalue weighted by Gasteiger charge is 2.24. The Morgan fingerprint density at radius 2 is 2.04 bits per heavy atom. The molecule has 1 aromatic rings. The highest BCUT2D eigenvalue weighted by molar-refractivity contribution is 5.85. The summed E-state index contributed by atoms with van der Waals surface area (Å²) >= 11 is 0. The van der Waals surface area contributed by atoms with Crippen molar-refractivity contribution in [2.75, 3.05) is 32.8 Å². The van der Waals surface area contributed by atoms with Gasteiger partial charge in [-0.25, -0.2) is 0 Å². The fourth-order valence-electron chi connectivity index (χ4n) is 2.59. The number of halogens is 1. The second-order valence-corrected chi connectivity index (χ2v) is 5.68. The molecule has 1 saturated heterocycles. The average Bonchev–Trinajstić information content (AvgIpc) is 2.92. The van der Waals surface area contributed by atoms with Gasteiger partial charge in [-0.3, -0.25) is 0 Å². The Hall–Kier alpha value is -1.01. The van der Waals surface area contributed by atoms with Crippen LogP contribution in [0.2, 0.25) is 0 Å². The summed E-state index contributed by atoms with van der Waals surface area (Å²) in [6.45, 7) is 8.54. The van der Waals surface area contributed by atoms with Crippen LogP contribution in [0.25, 0.3) is 0 Å². The molecular weight excluding hydrogens is 316 g/mol. The van der Waals surface area contributed by atoms with E-state index < -0.39 is 0 Å². The largest absolute Gasteiger partial charge is 0.490 e. The molecule has 2 unspecified atom stereocenters. The molecule has 5 nitrogen and oxygen atoms in total. The molecular formula is C17H29ClN2O3. The van der Waals surface area contributed by atoms with Gasteiger partial charge in [-0.2, -0.15) is 0 Å². The molecule has 1 aromatic carbocycles. The highest BCUT2D eigenvalue weighted by Crippen LogP contribution is 2.28. The summed E-state index contributed by atoms with van der Waals surface area (Å²) in [5.41, 5.74) is 1.16. The normalized spacial score (nSPS) is 20.1. The topological polar surface area (TPSA) is 62.8 Å². The van der Waals surface area contributed by atoms with Crippen LogP contribution in [-0.4, -0.2) is 44.1 Å². The molecule has 23 heavy (non-hydrogen) atoms. The first-order valence-electron chi connectivity index (χ1n) is 8.22. The maximum Gasteiger partial charge on any atom is 0.161 e. The van der Waals surface area contributed by atoms with Crippen molar-refractivity contribution in [1.82, 2.24) is 10.6 Å². The van der Waals surface area contributed by atoms with Crippen molar-refractivity contribution in [3.63, 3.8) is 0 Å². The van der Waals surface area contributed by atoms with Crippen LogP contribution < -0.4 is 20.1 Å². The summed E-state index contributed by atoms with van der Waals surface area (Å²) in [7, 11) is 0. The Bertz CT molecular complexity index is 459. The van der Waals surface area contributed by atoms with Crippen molar-refractivity contribution in [2.45, 2.75) is 32.9 Å². The summed E-state index contributed by atoms with van der Waals surface area (Å²) in [6, 6.07) is 6.07. The fourth-order valence-corrected chi connectivity index (χ4v) is 2.59. The summed E-state index contributed by atoms with van der Waals surface area (Å²) in [5, 5.41) is 16.4. The third kappa shape index (κ3) is 6.18. The summed E-state index contributed by atoms with van der Waals surface area (Å²) in [4.78, 5) is 0. The zero-order valence-corrected chi connectivity index (χ0v) is 14.8. The van der Waals surface area contributed by atoms with E-state index in [1.807, 2.05) is 19.1 Å². The third-order valence-corrected chi connectivity index (χ3v) is 3.81. The maximum atomic E-state index is 9.78. The van der Waals surface area contributed by atoms with Crippen LogP contribution in [0.3, 0.4) is 0 Å². The minimum Gasteiger partial charge on any atom is -0.490 e. The number of hydrogen-bond donors (Lipinski definition) is 3. The van der Waals surface area contributed by atoms with Crippen LogP contribution in [0.4, 0.5) is 0 Å². The van der Waals surface area contributed by atoms with Gasteiger partial charge in [0.25, 0.3) is 0 Å². The van der Waals surface area contributed by atoms with Crippen molar-refractivity contribution in [1.29, 1.82) is 0 Å². The molecule has 0 amide bonds. The molecule has 1 aliphatic rings. The van der Waals surface area contributed by atoms with E-state index >= 15 is 0 Å². The van der Waals surface area contributed by atoms with Gasteiger partial charge in [-0.1, -0.05) is 13.0 Å². The fraction of sp³-hybridized carbons (Fsp3) is 0.647. The van der Waals surface area contributed by atoms with E-state index in [9.17, 15) is 5.11 Å². The quantitative estimate of drug-likeness (QED) is 0.639. The van der Waals surface area contributed by atoms with E-state index in [1.165, 1.54) is 0 Å². The molecule has 0 bridgehead atoms. The van der Waals surface area contributed by atoms with Gasteiger partial charge in [0.15, 0.2) is 11.5 Å². The Kier molecular flexibility index (Phi) is 9.33. The van der Waals surface area contributed by atoms with Crippen LogP contribution in [-0.2, 0) is 6.54 Å². The SMILES string of the molecule is CCCOc1ccc(CNCC2CNCC2O)cc1OCC.Cl. The minimum atomic E-state index is -0.240. The number of benzene rings is 1. The second-order valence-electron chi connectivity index (χ2n) is 5.68. The minimum absolute atomic E-state index is 0. The first kappa shape index (κ1) is 20.0. The van der Waals surface area contributed by atoms with E-state index in [1.54, 1.807) is 0 Å². The molecule has 2 rings (SSSR count). The molecule has 6 heteroatoms. The molecule has 132 valence electrons. The lowest BCUT2D eigenvalue weighted by molar-refractivity contribution is 0.146. The molecule has 1 aliphatic heterocycles. The van der Waals surface area contributed by atoms with Crippen molar-refractivity contribution < 1.29 is 14.6 Å². The molecule has 0 saturated carbocycles. The number of aliphatic hydroxyl groups is 1. The predicted octanol–water partition coefficient (Wildman–Crippen LogP) is 1.97. The molecule has 0 aromatic heterocycles. The van der Waals surface area contributed by atoms with E-state index in [0.717, 1.165) is 43.1 Å². The first-order chi connectivity index (χ1) is 10.7. The Morgan fingerprint density at radius 1 is 1.22 bits per heavy atom. The Labute approximate surface area is 145 Å². The molecule has 2 atom stereocenters. The van der Waals surface area contributed by atoms with Gasteiger partial charge in [0.1, 0.15) is 0 Å². The van der Waals surface area contributed by atoms with Crippen molar-refractivity contribution in [3.05, 3.63) is 23.8 Å². The zero-order chi connectivity index (χ0) is 15.8. The van der Waals surface area contributed by atoms with Crippen molar-refractivity contribution >= 4 is 12.4 Å². The Balaban J connectivity index is 0.00000264. The van der Waals surface area contributed by atoms with Crippen molar-refractivity contribution in [2.24, 2.45) is 5.92 Å². The van der Waals surface area contributed by atoms with Crippen LogP contribution in [0.5, 0.6) is 11.5 Å². The summed E-state index contributed by atoms with van der Waals surface area (Å²) in [6.07, 6.45) is 0.739. The number of β-amino-alcohol motifs (C(OH)–C–C–N with tert-alkyl or cyclic N) is 1. The van der Waals surface area contributed by atoms with Gasteiger partial charge in [-0.15, -0.1) is 12.4 Å². The lowest BCUT2D eigenvalue weighted by Gasteiger charge is -2.16. The maximum absolute atomic E-state index is 9.78. The molecule has 0 spiro atoms. The van der Waals surface area contributed by atoms with Crippen molar-refractivity contribution in [3.8, 4) is 11.5 Å². The lowest BCUT2D eigenvalue weighted by Crippen LogP contribution is -2.30. The number of aliphatic hydroxyl groups excluding tert-OH is 1. The zero-order valence-electron chi connectivity index (χ0n) is 14.0. The summed E-state index contributed by atoms with van der Waals surface area (Å²) in [5.74, 6) is 1.90. The van der Waals surface area contributed by atoms with Crippen LogP contribution >= 0.6 is 12.4 Å². The van der Waals surface area contributed by atoms with Gasteiger partial charge in [0, 0.05) is 32.1 Å². The van der Waals surface area contributed by atoms with Gasteiger partial charge >= 0.3 is 0 Å². The predicted molar refractivity (Wildman–Crippen MR) is 94.7 cm³/mol. The molecule has 3 N–H and O–H groups in total. The smallest absolute Gasteiger partial charge is 0.161 e. The summed E-state index contributed by atoms with van der Waals surface area (Å²) < 4.78 is 11.4. The highest BCUT2D eigenvalue weighted by atomic mass is 35.5. The van der Waals surface area contributed by atoms with Gasteiger partial charge in [-0.05, 0) is 31.0 Å². The monoisotopic (exact) mass is 344 g/mol.